The van der Waals surface area contributed by atoms with Crippen LogP contribution in [0.3, 0.4) is 0 Å². The van der Waals surface area contributed by atoms with Gasteiger partial charge >= 0.3 is 65.1 Å². The van der Waals surface area contributed by atoms with Crippen molar-refractivity contribution in [1.29, 1.82) is 0 Å². The molecule has 6 nitrogen and oxygen atoms in total. The number of ether oxygens (including phenoxy) is 1. The Kier molecular flexibility index (Phi) is 10.3. The molecule has 8 heteroatoms. The molecule has 1 aromatic carbocycles. The van der Waals surface area contributed by atoms with Gasteiger partial charge in [0.25, 0.3) is 0 Å². The van der Waals surface area contributed by atoms with Gasteiger partial charge in [-0.05, 0) is 103 Å². The Morgan fingerprint density at radius 3 is 2.07 bits per heavy atom. The Balaban J connectivity index is 0.00000240. The number of rotatable bonds is 4. The molecule has 0 spiro atoms. The molecule has 1 aromatic rings. The van der Waals surface area contributed by atoms with Crippen molar-refractivity contribution >= 4 is 17.9 Å². The van der Waals surface area contributed by atoms with E-state index in [0.717, 1.165) is 38.5 Å². The first-order valence-corrected chi connectivity index (χ1v) is 16.6. The zero-order valence-electron chi connectivity index (χ0n) is 29.5. The SMILES string of the molecule is CC1(C)[C@@H](OC(=O)c2ccccc2C(=O)[O-])CC[C@]2(C)[C@H]3C=CC4=C5C[C@@](C)(C(=O)[O-])CC[C@]5(C)CC[C@@]4(C)[C@]3(C)CC[C@@H]12.[Na+].[Na+]. The Hall–Kier alpha value is -0.890. The van der Waals surface area contributed by atoms with Crippen LogP contribution in [0.1, 0.15) is 127 Å². The second kappa shape index (κ2) is 12.5. The van der Waals surface area contributed by atoms with Crippen molar-refractivity contribution in [2.75, 3.05) is 0 Å². The molecule has 0 radical (unpaired) electrons. The van der Waals surface area contributed by atoms with E-state index in [1.54, 1.807) is 12.1 Å². The van der Waals surface area contributed by atoms with Gasteiger partial charge in [-0.1, -0.05) is 84.4 Å². The number of allylic oxidation sites excluding steroid dienone is 4. The number of carbonyl (C=O) groups excluding carboxylic acids is 3. The Bertz CT molecular complexity index is 1500. The molecule has 8 atom stereocenters. The van der Waals surface area contributed by atoms with Gasteiger partial charge in [-0.2, -0.15) is 0 Å². The molecule has 0 bridgehead atoms. The number of hydrogen-bond donors (Lipinski definition) is 0. The van der Waals surface area contributed by atoms with E-state index in [1.807, 2.05) is 6.92 Å². The van der Waals surface area contributed by atoms with Gasteiger partial charge in [0.15, 0.2) is 0 Å². The van der Waals surface area contributed by atoms with Crippen molar-refractivity contribution in [3.63, 3.8) is 0 Å². The predicted octanol–water partition coefficient (Wildman–Crippen LogP) is 0.0552. The summed E-state index contributed by atoms with van der Waals surface area (Å²) in [5.74, 6) is -2.27. The normalized spacial score (nSPS) is 40.5. The number of carboxylic acid groups (broad SMARTS) is 2. The molecule has 0 saturated heterocycles. The van der Waals surface area contributed by atoms with Crippen LogP contribution in [0.2, 0.25) is 0 Å². The molecule has 3 fully saturated rings. The van der Waals surface area contributed by atoms with E-state index in [2.05, 4.69) is 53.7 Å². The number of esters is 1. The fourth-order valence-electron chi connectivity index (χ4n) is 11.1. The molecule has 46 heavy (non-hydrogen) atoms. The summed E-state index contributed by atoms with van der Waals surface area (Å²) < 4.78 is 6.14. The first kappa shape index (κ1) is 37.9. The molecular weight excluding hydrogens is 598 g/mol. The summed E-state index contributed by atoms with van der Waals surface area (Å²) in [6.07, 6.45) is 12.5. The molecule has 0 N–H and O–H groups in total. The minimum absolute atomic E-state index is 0. The summed E-state index contributed by atoms with van der Waals surface area (Å²) in [6, 6.07) is 6.11. The smallest absolute Gasteiger partial charge is 0.550 e. The average molecular weight is 647 g/mol. The minimum Gasteiger partial charge on any atom is -0.550 e. The summed E-state index contributed by atoms with van der Waals surface area (Å²) in [4.78, 5) is 37.2. The van der Waals surface area contributed by atoms with Gasteiger partial charge in [-0.25, -0.2) is 4.79 Å². The molecule has 0 unspecified atom stereocenters. The van der Waals surface area contributed by atoms with Gasteiger partial charge < -0.3 is 24.5 Å². The average Bonchev–Trinajstić information content (AvgIpc) is 2.95. The molecule has 3 saturated carbocycles. The number of benzene rings is 1. The Morgan fingerprint density at radius 2 is 1.43 bits per heavy atom. The third-order valence-corrected chi connectivity index (χ3v) is 14.3. The standard InChI is InChI=1S/C38H50O6.2Na/c1-33(2)27-14-17-38(7)28(36(27,5)16-15-29(33)44-31(41)24-11-9-8-10-23(24)30(39)40)13-12-25-26-22-35(4,32(42)43)19-18-34(26,3)20-21-37(25,38)6;;/h8-13,27-29H,14-22H2,1-7H3,(H,39,40)(H,42,43);;/q;2*+1/p-2/t27-,28+,29-,34+,35-,36-,37+,38+;;/m0../s1. The predicted molar refractivity (Wildman–Crippen MR) is 164 cm³/mol. The molecule has 5 aliphatic carbocycles. The summed E-state index contributed by atoms with van der Waals surface area (Å²) in [5, 5.41) is 23.9. The zero-order chi connectivity index (χ0) is 32.1. The molecule has 6 rings (SSSR count). The van der Waals surface area contributed by atoms with Gasteiger partial charge in [-0.15, -0.1) is 0 Å². The van der Waals surface area contributed by atoms with E-state index in [4.69, 9.17) is 4.74 Å². The van der Waals surface area contributed by atoms with E-state index >= 15 is 0 Å². The minimum atomic E-state index is -1.38. The number of hydrogen-bond acceptors (Lipinski definition) is 6. The first-order chi connectivity index (χ1) is 20.4. The summed E-state index contributed by atoms with van der Waals surface area (Å²) in [7, 11) is 0. The molecule has 0 amide bonds. The number of aliphatic carboxylic acids is 1. The second-order valence-corrected chi connectivity index (χ2v) is 16.7. The van der Waals surface area contributed by atoms with Crippen LogP contribution in [-0.4, -0.2) is 24.0 Å². The molecular formula is C38H48Na2O6. The first-order valence-electron chi connectivity index (χ1n) is 16.6. The van der Waals surface area contributed by atoms with E-state index in [9.17, 15) is 24.6 Å². The fourth-order valence-corrected chi connectivity index (χ4v) is 11.1. The van der Waals surface area contributed by atoms with E-state index in [1.165, 1.54) is 23.3 Å². The third-order valence-electron chi connectivity index (χ3n) is 14.3. The van der Waals surface area contributed by atoms with E-state index in [0.29, 0.717) is 31.1 Å². The van der Waals surface area contributed by atoms with Crippen molar-refractivity contribution in [3.8, 4) is 0 Å². The van der Waals surface area contributed by atoms with Crippen LogP contribution in [0, 0.1) is 44.3 Å². The largest absolute Gasteiger partial charge is 1.00 e. The van der Waals surface area contributed by atoms with Crippen molar-refractivity contribution in [2.45, 2.75) is 112 Å². The van der Waals surface area contributed by atoms with Crippen molar-refractivity contribution < 1.29 is 88.4 Å². The number of fused-ring (bicyclic) bond motifs is 6. The van der Waals surface area contributed by atoms with Crippen LogP contribution in [0.25, 0.3) is 0 Å². The Labute approximate surface area is 319 Å². The second-order valence-electron chi connectivity index (χ2n) is 16.7. The maximum Gasteiger partial charge on any atom is 1.00 e. The van der Waals surface area contributed by atoms with Crippen LogP contribution in [0.4, 0.5) is 0 Å². The topological polar surface area (TPSA) is 107 Å². The van der Waals surface area contributed by atoms with Crippen LogP contribution >= 0.6 is 0 Å². The molecule has 0 heterocycles. The number of carbonyl (C=O) groups is 3. The quantitative estimate of drug-likeness (QED) is 0.339. The zero-order valence-corrected chi connectivity index (χ0v) is 33.5. The van der Waals surface area contributed by atoms with Crippen LogP contribution in [0.5, 0.6) is 0 Å². The third kappa shape index (κ3) is 5.39. The maximum atomic E-state index is 13.3. The van der Waals surface area contributed by atoms with Crippen molar-refractivity contribution in [2.24, 2.45) is 44.3 Å². The van der Waals surface area contributed by atoms with E-state index in [-0.39, 0.29) is 103 Å². The van der Waals surface area contributed by atoms with Gasteiger partial charge in [-0.3, -0.25) is 0 Å². The maximum absolute atomic E-state index is 13.3. The summed E-state index contributed by atoms with van der Waals surface area (Å²) in [5.41, 5.74) is 1.49. The van der Waals surface area contributed by atoms with Crippen molar-refractivity contribution in [1.82, 2.24) is 0 Å². The van der Waals surface area contributed by atoms with Crippen molar-refractivity contribution in [3.05, 3.63) is 58.7 Å². The van der Waals surface area contributed by atoms with Crippen LogP contribution in [0.15, 0.2) is 47.6 Å². The Morgan fingerprint density at radius 1 is 0.804 bits per heavy atom. The van der Waals surface area contributed by atoms with E-state index < -0.39 is 23.3 Å². The molecule has 0 aliphatic heterocycles. The van der Waals surface area contributed by atoms with Crippen LogP contribution in [-0.2, 0) is 9.53 Å². The number of carboxylic acids is 2. The van der Waals surface area contributed by atoms with Gasteiger partial charge in [0.1, 0.15) is 6.10 Å². The molecule has 238 valence electrons. The molecule has 5 aliphatic rings. The summed E-state index contributed by atoms with van der Waals surface area (Å²) in [6.45, 7) is 16.0. The van der Waals surface area contributed by atoms with Gasteiger partial charge in [0, 0.05) is 22.4 Å². The number of aromatic carboxylic acids is 1. The monoisotopic (exact) mass is 646 g/mol. The van der Waals surface area contributed by atoms with Crippen LogP contribution < -0.4 is 69.3 Å². The fraction of sp³-hybridized carbons (Fsp3) is 0.658. The van der Waals surface area contributed by atoms with Gasteiger partial charge in [0.05, 0.1) is 11.5 Å². The summed E-state index contributed by atoms with van der Waals surface area (Å²) >= 11 is 0. The molecule has 0 aromatic heterocycles. The van der Waals surface area contributed by atoms with Gasteiger partial charge in [0.2, 0.25) is 0 Å².